The maximum atomic E-state index is 13.1. The lowest BCUT2D eigenvalue weighted by atomic mass is 10.1. The van der Waals surface area contributed by atoms with E-state index in [2.05, 4.69) is 5.32 Å². The van der Waals surface area contributed by atoms with Crippen LogP contribution in [0.2, 0.25) is 20.1 Å². The van der Waals surface area contributed by atoms with Crippen LogP contribution >= 0.6 is 58.6 Å². The van der Waals surface area contributed by atoms with Gasteiger partial charge in [-0.25, -0.2) is 0 Å². The van der Waals surface area contributed by atoms with Crippen molar-refractivity contribution in [3.05, 3.63) is 80.0 Å². The first-order valence-corrected chi connectivity index (χ1v) is 10.6. The van der Waals surface area contributed by atoms with Gasteiger partial charge in [-0.15, -0.1) is 0 Å². The van der Waals surface area contributed by atoms with Crippen LogP contribution in [0.25, 0.3) is 17.4 Å². The maximum Gasteiger partial charge on any atom is 0.270 e. The topological polar surface area (TPSA) is 62.6 Å². The monoisotopic (exact) mass is 510 g/mol. The van der Waals surface area contributed by atoms with E-state index in [-0.39, 0.29) is 32.2 Å². The van der Waals surface area contributed by atoms with Crippen LogP contribution in [-0.2, 0) is 9.59 Å². The van der Waals surface area contributed by atoms with Gasteiger partial charge in [0.2, 0.25) is 0 Å². The van der Waals surface area contributed by atoms with E-state index < -0.39 is 11.8 Å². The lowest BCUT2D eigenvalue weighted by molar-refractivity contribution is -0.122. The Morgan fingerprint density at radius 3 is 2.32 bits per heavy atom. The van der Waals surface area contributed by atoms with Gasteiger partial charge in [-0.2, -0.15) is 0 Å². The van der Waals surface area contributed by atoms with Crippen LogP contribution < -0.4 is 10.2 Å². The zero-order valence-corrected chi connectivity index (χ0v) is 19.1. The summed E-state index contributed by atoms with van der Waals surface area (Å²) in [7, 11) is 0. The number of carbonyl (C=O) groups excluding carboxylic acids is 2. The molecular formula is C21H10Cl4N2O3S. The number of carbonyl (C=O) groups is 2. The van der Waals surface area contributed by atoms with Gasteiger partial charge >= 0.3 is 0 Å². The minimum Gasteiger partial charge on any atom is -0.457 e. The van der Waals surface area contributed by atoms with E-state index in [1.165, 1.54) is 6.08 Å². The highest BCUT2D eigenvalue weighted by atomic mass is 35.5. The highest BCUT2D eigenvalue weighted by molar-refractivity contribution is 7.80. The standard InChI is InChI=1S/C21H10Cl4N2O3S/c22-13-4-1-3-11(17(13)24)16-8-7-10(30-16)9-12-19(28)26-21(31)27(20(12)29)15-6-2-5-14(23)18(15)25/h1-9H,(H,26,28,31)/b12-9-. The number of benzene rings is 2. The quantitative estimate of drug-likeness (QED) is 0.251. The van der Waals surface area contributed by atoms with Gasteiger partial charge < -0.3 is 4.42 Å². The molecular weight excluding hydrogens is 502 g/mol. The zero-order chi connectivity index (χ0) is 22.3. The molecule has 156 valence electrons. The fourth-order valence-electron chi connectivity index (χ4n) is 2.95. The van der Waals surface area contributed by atoms with E-state index in [1.54, 1.807) is 48.5 Å². The first kappa shape index (κ1) is 21.9. The fourth-order valence-corrected chi connectivity index (χ4v) is 4.00. The molecule has 0 unspecified atom stereocenters. The molecule has 2 heterocycles. The Hall–Kier alpha value is -2.35. The molecule has 0 radical (unpaired) electrons. The fraction of sp³-hybridized carbons (Fsp3) is 0. The molecule has 4 rings (SSSR count). The van der Waals surface area contributed by atoms with Crippen LogP contribution in [-0.4, -0.2) is 16.9 Å². The number of nitrogens with zero attached hydrogens (tertiary/aromatic N) is 1. The van der Waals surface area contributed by atoms with E-state index in [1.807, 2.05) is 0 Å². The number of anilines is 1. The van der Waals surface area contributed by atoms with Crippen molar-refractivity contribution in [1.29, 1.82) is 0 Å². The first-order valence-electron chi connectivity index (χ1n) is 8.67. The van der Waals surface area contributed by atoms with Crippen molar-refractivity contribution in [2.24, 2.45) is 0 Å². The minimum atomic E-state index is -0.670. The van der Waals surface area contributed by atoms with Crippen molar-refractivity contribution in [2.45, 2.75) is 0 Å². The molecule has 1 N–H and O–H groups in total. The molecule has 2 amide bonds. The van der Waals surface area contributed by atoms with Gasteiger partial charge in [-0.1, -0.05) is 58.5 Å². The third-order valence-electron chi connectivity index (χ3n) is 4.40. The van der Waals surface area contributed by atoms with E-state index in [4.69, 9.17) is 63.0 Å². The van der Waals surface area contributed by atoms with Gasteiger partial charge in [0.25, 0.3) is 11.8 Å². The third-order valence-corrected chi connectivity index (χ3v) is 6.32. The summed E-state index contributed by atoms with van der Waals surface area (Å²) in [6.07, 6.45) is 1.31. The highest BCUT2D eigenvalue weighted by Crippen LogP contribution is 2.36. The van der Waals surface area contributed by atoms with Gasteiger partial charge in [-0.3, -0.25) is 19.8 Å². The van der Waals surface area contributed by atoms with E-state index in [0.29, 0.717) is 21.4 Å². The second-order valence-corrected chi connectivity index (χ2v) is 8.29. The van der Waals surface area contributed by atoms with E-state index in [0.717, 1.165) is 4.90 Å². The van der Waals surface area contributed by atoms with Crippen LogP contribution in [0.5, 0.6) is 0 Å². The number of furan rings is 1. The molecule has 0 atom stereocenters. The smallest absolute Gasteiger partial charge is 0.270 e. The molecule has 1 aliphatic rings. The molecule has 1 saturated heterocycles. The second-order valence-electron chi connectivity index (χ2n) is 6.33. The van der Waals surface area contributed by atoms with Crippen LogP contribution in [0.3, 0.4) is 0 Å². The largest absolute Gasteiger partial charge is 0.457 e. The summed E-state index contributed by atoms with van der Waals surface area (Å²) in [5, 5.41) is 3.45. The summed E-state index contributed by atoms with van der Waals surface area (Å²) in [4.78, 5) is 26.7. The Labute approximate surface area is 202 Å². The Morgan fingerprint density at radius 2 is 1.58 bits per heavy atom. The summed E-state index contributed by atoms with van der Waals surface area (Å²) in [6.45, 7) is 0. The molecule has 0 aliphatic carbocycles. The van der Waals surface area contributed by atoms with Gasteiger partial charge in [0.05, 0.1) is 25.8 Å². The van der Waals surface area contributed by atoms with Crippen LogP contribution in [0.15, 0.2) is 58.5 Å². The van der Waals surface area contributed by atoms with Gasteiger partial charge in [-0.05, 0) is 54.7 Å². The molecule has 1 aliphatic heterocycles. The Bertz CT molecular complexity index is 1290. The van der Waals surface area contributed by atoms with Crippen molar-refractivity contribution in [3.63, 3.8) is 0 Å². The SMILES string of the molecule is O=C1NC(=S)N(c2cccc(Cl)c2Cl)C(=O)/C1=C\c1ccc(-c2cccc(Cl)c2Cl)o1. The van der Waals surface area contributed by atoms with Crippen LogP contribution in [0.4, 0.5) is 5.69 Å². The lowest BCUT2D eigenvalue weighted by Crippen LogP contribution is -2.54. The number of thiocarbonyl (C=S) groups is 1. The molecule has 2 aromatic carbocycles. The Kier molecular flexibility index (Phi) is 6.10. The van der Waals surface area contributed by atoms with E-state index >= 15 is 0 Å². The highest BCUT2D eigenvalue weighted by Gasteiger charge is 2.36. The predicted molar refractivity (Wildman–Crippen MR) is 127 cm³/mol. The van der Waals surface area contributed by atoms with Crippen molar-refractivity contribution in [3.8, 4) is 11.3 Å². The maximum absolute atomic E-state index is 13.1. The molecule has 3 aromatic rings. The van der Waals surface area contributed by atoms with Crippen molar-refractivity contribution >= 4 is 87.3 Å². The minimum absolute atomic E-state index is 0.109. The third kappa shape index (κ3) is 4.10. The summed E-state index contributed by atoms with van der Waals surface area (Å²) >= 11 is 29.8. The summed E-state index contributed by atoms with van der Waals surface area (Å²) in [5.74, 6) is -0.650. The Balaban J connectivity index is 1.72. The number of amides is 2. The molecule has 1 fully saturated rings. The van der Waals surface area contributed by atoms with Gasteiger partial charge in [0.1, 0.15) is 17.1 Å². The predicted octanol–water partition coefficient (Wildman–Crippen LogP) is 6.39. The zero-order valence-electron chi connectivity index (χ0n) is 15.3. The molecule has 31 heavy (non-hydrogen) atoms. The van der Waals surface area contributed by atoms with Crippen molar-refractivity contribution < 1.29 is 14.0 Å². The van der Waals surface area contributed by atoms with Gasteiger partial charge in [0, 0.05) is 5.56 Å². The number of nitrogens with one attached hydrogen (secondary N) is 1. The van der Waals surface area contributed by atoms with Crippen molar-refractivity contribution in [2.75, 3.05) is 4.90 Å². The second kappa shape index (κ2) is 8.65. The molecule has 0 bridgehead atoms. The normalized spacial score (nSPS) is 15.5. The molecule has 10 heteroatoms. The number of halogens is 4. The molecule has 5 nitrogen and oxygen atoms in total. The average Bonchev–Trinajstić information content (AvgIpc) is 3.19. The first-order chi connectivity index (χ1) is 14.8. The summed E-state index contributed by atoms with van der Waals surface area (Å²) < 4.78 is 5.77. The average molecular weight is 512 g/mol. The lowest BCUT2D eigenvalue weighted by Gasteiger charge is -2.29. The summed E-state index contributed by atoms with van der Waals surface area (Å²) in [6, 6.07) is 13.1. The van der Waals surface area contributed by atoms with Crippen LogP contribution in [0.1, 0.15) is 5.76 Å². The van der Waals surface area contributed by atoms with E-state index in [9.17, 15) is 9.59 Å². The number of rotatable bonds is 3. The molecule has 0 spiro atoms. The number of hydrogen-bond acceptors (Lipinski definition) is 4. The Morgan fingerprint density at radius 1 is 0.903 bits per heavy atom. The van der Waals surface area contributed by atoms with Crippen LogP contribution in [0, 0.1) is 0 Å². The molecule has 0 saturated carbocycles. The van der Waals surface area contributed by atoms with Crippen molar-refractivity contribution in [1.82, 2.24) is 5.32 Å². The van der Waals surface area contributed by atoms with Gasteiger partial charge in [0.15, 0.2) is 5.11 Å². The summed E-state index contributed by atoms with van der Waals surface area (Å²) in [5.41, 5.74) is 0.635. The molecule has 1 aromatic heterocycles. The number of hydrogen-bond donors (Lipinski definition) is 1.